The lowest BCUT2D eigenvalue weighted by Gasteiger charge is -2.19. The van der Waals surface area contributed by atoms with Crippen molar-refractivity contribution in [3.05, 3.63) is 48.2 Å². The predicted octanol–water partition coefficient (Wildman–Crippen LogP) is 3.67. The molecule has 8 heteroatoms. The maximum absolute atomic E-state index is 12.8. The average Bonchev–Trinajstić information content (AvgIpc) is 3.26. The van der Waals surface area contributed by atoms with Gasteiger partial charge in [-0.2, -0.15) is 0 Å². The molecule has 0 radical (unpaired) electrons. The molecule has 3 amide bonds. The number of methoxy groups -OCH3 is 1. The van der Waals surface area contributed by atoms with E-state index in [1.54, 1.807) is 13.2 Å². The molecule has 2 aromatic carbocycles. The molecule has 7 nitrogen and oxygen atoms in total. The van der Waals surface area contributed by atoms with Crippen LogP contribution in [0.2, 0.25) is 0 Å². The summed E-state index contributed by atoms with van der Waals surface area (Å²) in [7, 11) is 1.58. The largest absolute Gasteiger partial charge is 0.496 e. The molecule has 3 aromatic rings. The van der Waals surface area contributed by atoms with Crippen LogP contribution in [0.1, 0.15) is 19.1 Å². The third-order valence-electron chi connectivity index (χ3n) is 5.18. The second-order valence-corrected chi connectivity index (χ2v) is 7.13. The molecular formula is C21H20FN3O4. The van der Waals surface area contributed by atoms with Gasteiger partial charge in [0.25, 0.3) is 5.91 Å². The highest BCUT2D eigenvalue weighted by molar-refractivity contribution is 6.06. The van der Waals surface area contributed by atoms with Crippen LogP contribution >= 0.6 is 0 Å². The Balaban J connectivity index is 1.66. The predicted molar refractivity (Wildman–Crippen MR) is 104 cm³/mol. The van der Waals surface area contributed by atoms with Gasteiger partial charge in [0.15, 0.2) is 5.76 Å². The van der Waals surface area contributed by atoms with Crippen LogP contribution in [0.4, 0.5) is 9.18 Å². The topological polar surface area (TPSA) is 84.7 Å². The number of imide groups is 1. The van der Waals surface area contributed by atoms with Crippen LogP contribution in [0.25, 0.3) is 22.0 Å². The number of nitrogens with zero attached hydrogens (tertiary/aromatic N) is 2. The number of hydrogen-bond acceptors (Lipinski definition) is 5. The summed E-state index contributed by atoms with van der Waals surface area (Å²) in [6, 6.07) is 12.7. The minimum absolute atomic E-state index is 0.0804. The number of rotatable bonds is 6. The zero-order valence-electron chi connectivity index (χ0n) is 16.1. The molecule has 0 saturated carbocycles. The van der Waals surface area contributed by atoms with Crippen molar-refractivity contribution in [3.8, 4) is 17.0 Å². The van der Waals surface area contributed by atoms with Crippen molar-refractivity contribution in [2.24, 2.45) is 0 Å². The lowest BCUT2D eigenvalue weighted by atomic mass is 9.99. The SMILES string of the molecule is COc1ccc2ccccc2c1-c1cc(CN2C(=O)NC(C)(CCF)C2=O)on1. The van der Waals surface area contributed by atoms with Gasteiger partial charge in [-0.3, -0.25) is 14.1 Å². The Labute approximate surface area is 166 Å². The Kier molecular flexibility index (Phi) is 4.70. The maximum Gasteiger partial charge on any atom is 0.325 e. The van der Waals surface area contributed by atoms with Crippen molar-refractivity contribution in [3.63, 3.8) is 0 Å². The van der Waals surface area contributed by atoms with Gasteiger partial charge in [-0.25, -0.2) is 4.79 Å². The van der Waals surface area contributed by atoms with E-state index in [0.29, 0.717) is 17.2 Å². The van der Waals surface area contributed by atoms with Crippen molar-refractivity contribution in [2.75, 3.05) is 13.8 Å². The summed E-state index contributed by atoms with van der Waals surface area (Å²) in [5.74, 6) is 0.484. The summed E-state index contributed by atoms with van der Waals surface area (Å²) in [6.07, 6.45) is -0.0804. The average molecular weight is 397 g/mol. The van der Waals surface area contributed by atoms with Crippen molar-refractivity contribution in [1.82, 2.24) is 15.4 Å². The van der Waals surface area contributed by atoms with Gasteiger partial charge in [-0.05, 0) is 23.8 Å². The van der Waals surface area contributed by atoms with Gasteiger partial charge in [-0.15, -0.1) is 0 Å². The van der Waals surface area contributed by atoms with Crippen LogP contribution in [0, 0.1) is 0 Å². The molecule has 1 saturated heterocycles. The van der Waals surface area contributed by atoms with Gasteiger partial charge < -0.3 is 14.6 Å². The molecule has 4 rings (SSSR count). The first-order valence-electron chi connectivity index (χ1n) is 9.18. The van der Waals surface area contributed by atoms with E-state index in [1.165, 1.54) is 6.92 Å². The number of benzene rings is 2. The summed E-state index contributed by atoms with van der Waals surface area (Å²) in [5.41, 5.74) is 0.0559. The van der Waals surface area contributed by atoms with E-state index in [0.717, 1.165) is 21.2 Å². The first-order chi connectivity index (χ1) is 14.0. The summed E-state index contributed by atoms with van der Waals surface area (Å²) < 4.78 is 23.7. The first-order valence-corrected chi connectivity index (χ1v) is 9.18. The van der Waals surface area contributed by atoms with Crippen molar-refractivity contribution in [2.45, 2.75) is 25.4 Å². The third kappa shape index (κ3) is 3.20. The number of alkyl halides is 1. The lowest BCUT2D eigenvalue weighted by molar-refractivity contribution is -0.131. The van der Waals surface area contributed by atoms with Crippen molar-refractivity contribution >= 4 is 22.7 Å². The smallest absolute Gasteiger partial charge is 0.325 e. The monoisotopic (exact) mass is 397 g/mol. The quantitative estimate of drug-likeness (QED) is 0.642. The zero-order valence-corrected chi connectivity index (χ0v) is 16.1. The fraction of sp³-hybridized carbons (Fsp3) is 0.286. The van der Waals surface area contributed by atoms with Crippen molar-refractivity contribution < 1.29 is 23.2 Å². The van der Waals surface area contributed by atoms with Crippen LogP contribution in [-0.2, 0) is 11.3 Å². The minimum Gasteiger partial charge on any atom is -0.496 e. The summed E-state index contributed by atoms with van der Waals surface area (Å²) >= 11 is 0. The number of fused-ring (bicyclic) bond motifs is 1. The zero-order chi connectivity index (χ0) is 20.6. The Morgan fingerprint density at radius 3 is 2.79 bits per heavy atom. The number of aromatic nitrogens is 1. The standard InChI is InChI=1S/C21H20FN3O4/c1-21(9-10-22)19(26)25(20(27)23-21)12-14-11-16(24-29-14)18-15-6-4-3-5-13(15)7-8-17(18)28-2/h3-8,11H,9-10,12H2,1-2H3,(H,23,27). The number of halogens is 1. The van der Waals surface area contributed by atoms with Crippen LogP contribution in [0.5, 0.6) is 5.75 Å². The normalized spacial score (nSPS) is 19.1. The van der Waals surface area contributed by atoms with E-state index in [2.05, 4.69) is 10.5 Å². The summed E-state index contributed by atoms with van der Waals surface area (Å²) in [4.78, 5) is 25.8. The van der Waals surface area contributed by atoms with Crippen LogP contribution in [-0.4, -0.2) is 41.3 Å². The van der Waals surface area contributed by atoms with E-state index in [9.17, 15) is 14.0 Å². The number of urea groups is 1. The Morgan fingerprint density at radius 1 is 1.24 bits per heavy atom. The second kappa shape index (κ2) is 7.20. The molecule has 1 atom stereocenters. The molecule has 1 unspecified atom stereocenters. The minimum atomic E-state index is -1.24. The van der Waals surface area contributed by atoms with E-state index >= 15 is 0 Å². The lowest BCUT2D eigenvalue weighted by Crippen LogP contribution is -2.44. The Bertz CT molecular complexity index is 1100. The number of carbonyl (C=O) groups is 2. The van der Waals surface area contributed by atoms with Gasteiger partial charge in [0.05, 0.1) is 25.9 Å². The Hall–Kier alpha value is -3.42. The Morgan fingerprint density at radius 2 is 2.03 bits per heavy atom. The number of ether oxygens (including phenoxy) is 1. The molecule has 0 aliphatic carbocycles. The van der Waals surface area contributed by atoms with Crippen LogP contribution in [0.15, 0.2) is 47.0 Å². The summed E-state index contributed by atoms with van der Waals surface area (Å²) in [6.45, 7) is 0.718. The van der Waals surface area contributed by atoms with Crippen LogP contribution < -0.4 is 10.1 Å². The molecule has 1 aliphatic rings. The number of nitrogens with one attached hydrogen (secondary N) is 1. The molecular weight excluding hydrogens is 377 g/mol. The molecule has 1 aromatic heterocycles. The first kappa shape index (κ1) is 18.9. The van der Waals surface area contributed by atoms with Crippen LogP contribution in [0.3, 0.4) is 0 Å². The third-order valence-corrected chi connectivity index (χ3v) is 5.18. The van der Waals surface area contributed by atoms with Gasteiger partial charge >= 0.3 is 6.03 Å². The highest BCUT2D eigenvalue weighted by atomic mass is 19.1. The van der Waals surface area contributed by atoms with Gasteiger partial charge in [0.1, 0.15) is 17.0 Å². The number of carbonyl (C=O) groups excluding carboxylic acids is 2. The highest BCUT2D eigenvalue weighted by Gasteiger charge is 2.47. The number of hydrogen-bond donors (Lipinski definition) is 1. The highest BCUT2D eigenvalue weighted by Crippen LogP contribution is 2.37. The van der Waals surface area contributed by atoms with Gasteiger partial charge in [0.2, 0.25) is 0 Å². The molecule has 1 fully saturated rings. The second-order valence-electron chi connectivity index (χ2n) is 7.13. The summed E-state index contributed by atoms with van der Waals surface area (Å²) in [5, 5.41) is 8.63. The molecule has 1 aliphatic heterocycles. The molecule has 29 heavy (non-hydrogen) atoms. The van der Waals surface area contributed by atoms with E-state index in [-0.39, 0.29) is 13.0 Å². The van der Waals surface area contributed by atoms with Gasteiger partial charge in [-0.1, -0.05) is 35.5 Å². The molecule has 150 valence electrons. The molecule has 0 bridgehead atoms. The molecule has 2 heterocycles. The fourth-order valence-electron chi connectivity index (χ4n) is 3.60. The number of amides is 3. The maximum atomic E-state index is 12.8. The van der Waals surface area contributed by atoms with E-state index in [1.807, 2.05) is 36.4 Å². The fourth-order valence-corrected chi connectivity index (χ4v) is 3.60. The molecule has 1 N–H and O–H groups in total. The van der Waals surface area contributed by atoms with E-state index < -0.39 is 24.2 Å². The molecule has 0 spiro atoms. The van der Waals surface area contributed by atoms with Crippen molar-refractivity contribution in [1.29, 1.82) is 0 Å². The van der Waals surface area contributed by atoms with Gasteiger partial charge in [0, 0.05) is 12.5 Å². The van der Waals surface area contributed by atoms with E-state index in [4.69, 9.17) is 9.26 Å².